The summed E-state index contributed by atoms with van der Waals surface area (Å²) in [5, 5.41) is 12.3. The first-order chi connectivity index (χ1) is 6.74. The third kappa shape index (κ3) is 1.30. The van der Waals surface area contributed by atoms with Crippen molar-refractivity contribution in [2.45, 2.75) is 13.0 Å². The Kier molecular flexibility index (Phi) is 2.25. The van der Waals surface area contributed by atoms with Gasteiger partial charge in [-0.15, -0.1) is 0 Å². The molecule has 1 aliphatic carbocycles. The number of rotatable bonds is 2. The van der Waals surface area contributed by atoms with Crippen molar-refractivity contribution in [1.82, 2.24) is 5.32 Å². The van der Waals surface area contributed by atoms with Gasteiger partial charge in [-0.3, -0.25) is 4.79 Å². The molecule has 0 aromatic carbocycles. The lowest BCUT2D eigenvalue weighted by atomic mass is 9.82. The van der Waals surface area contributed by atoms with Crippen molar-refractivity contribution >= 4 is 5.78 Å². The highest BCUT2D eigenvalue weighted by Gasteiger charge is 2.33. The normalized spacial score (nSPS) is 29.0. The van der Waals surface area contributed by atoms with Crippen LogP contribution in [0.25, 0.3) is 0 Å². The molecule has 1 heterocycles. The maximum atomic E-state index is 11.4. The van der Waals surface area contributed by atoms with Crippen LogP contribution in [0.15, 0.2) is 35.6 Å². The van der Waals surface area contributed by atoms with E-state index in [0.29, 0.717) is 0 Å². The number of nitrogens with one attached hydrogen (secondary N) is 1. The summed E-state index contributed by atoms with van der Waals surface area (Å²) in [6, 6.07) is 0.140. The molecule has 2 N–H and O–H groups in total. The minimum atomic E-state index is 0.00657. The summed E-state index contributed by atoms with van der Waals surface area (Å²) in [4.78, 5) is 11.4. The molecule has 2 aliphatic rings. The zero-order chi connectivity index (χ0) is 10.1. The highest BCUT2D eigenvalue weighted by molar-refractivity contribution is 5.95. The number of allylic oxidation sites excluding steroid dienone is 2. The van der Waals surface area contributed by atoms with Crippen LogP contribution in [0.2, 0.25) is 0 Å². The number of carbonyl (C=O) groups excluding carboxylic acids is 1. The molecule has 0 fully saturated rings. The highest BCUT2D eigenvalue weighted by atomic mass is 16.3. The molecule has 3 heteroatoms. The second kappa shape index (κ2) is 3.42. The van der Waals surface area contributed by atoms with E-state index in [1.54, 1.807) is 6.92 Å². The quantitative estimate of drug-likeness (QED) is 0.669. The van der Waals surface area contributed by atoms with Gasteiger partial charge in [0.2, 0.25) is 0 Å². The zero-order valence-corrected chi connectivity index (χ0v) is 8.03. The van der Waals surface area contributed by atoms with E-state index < -0.39 is 0 Å². The fraction of sp³-hybridized carbons (Fsp3) is 0.364. The predicted molar refractivity (Wildman–Crippen MR) is 53.5 cm³/mol. The number of carbonyl (C=O) groups is 1. The van der Waals surface area contributed by atoms with E-state index in [2.05, 4.69) is 5.32 Å². The fourth-order valence-electron chi connectivity index (χ4n) is 2.04. The summed E-state index contributed by atoms with van der Waals surface area (Å²) < 4.78 is 0. The molecular weight excluding hydrogens is 178 g/mol. The Morgan fingerprint density at radius 2 is 2.43 bits per heavy atom. The standard InChI is InChI=1S/C11H13NO2/c1-7(14)9-3-2-4-10-11(9)8(6-13)5-12-10/h2-5,10-13H,6H2,1H3. The monoisotopic (exact) mass is 191 g/mol. The van der Waals surface area contributed by atoms with Gasteiger partial charge in [0, 0.05) is 11.5 Å². The van der Waals surface area contributed by atoms with Crippen molar-refractivity contribution in [3.05, 3.63) is 35.6 Å². The molecule has 2 rings (SSSR count). The molecular formula is C11H13NO2. The first-order valence-electron chi connectivity index (χ1n) is 4.69. The Morgan fingerprint density at radius 1 is 1.64 bits per heavy atom. The molecule has 0 spiro atoms. The Morgan fingerprint density at radius 3 is 3.07 bits per heavy atom. The first kappa shape index (κ1) is 9.21. The second-order valence-corrected chi connectivity index (χ2v) is 3.61. The van der Waals surface area contributed by atoms with Crippen LogP contribution in [0, 0.1) is 5.92 Å². The van der Waals surface area contributed by atoms with E-state index in [1.807, 2.05) is 24.4 Å². The number of hydrogen-bond acceptors (Lipinski definition) is 3. The molecule has 14 heavy (non-hydrogen) atoms. The first-order valence-corrected chi connectivity index (χ1v) is 4.69. The Bertz CT molecular complexity index is 352. The lowest BCUT2D eigenvalue weighted by Crippen LogP contribution is -2.30. The van der Waals surface area contributed by atoms with Gasteiger partial charge in [0.05, 0.1) is 12.6 Å². The molecule has 0 saturated carbocycles. The number of Topliss-reactive ketones (excluding diaryl/α,β-unsaturated/α-hetero) is 1. The van der Waals surface area contributed by atoms with Crippen molar-refractivity contribution < 1.29 is 9.90 Å². The maximum absolute atomic E-state index is 11.4. The average molecular weight is 191 g/mol. The predicted octanol–water partition coefficient (Wildman–Crippen LogP) is 0.536. The van der Waals surface area contributed by atoms with Crippen molar-refractivity contribution in [3.63, 3.8) is 0 Å². The Labute approximate surface area is 82.8 Å². The summed E-state index contributed by atoms with van der Waals surface area (Å²) >= 11 is 0. The number of hydrogen-bond donors (Lipinski definition) is 2. The molecule has 3 nitrogen and oxygen atoms in total. The zero-order valence-electron chi connectivity index (χ0n) is 8.03. The van der Waals surface area contributed by atoms with Crippen LogP contribution in [0.4, 0.5) is 0 Å². The lowest BCUT2D eigenvalue weighted by molar-refractivity contribution is -0.114. The maximum Gasteiger partial charge on any atom is 0.156 e. The SMILES string of the molecule is CC(=O)C1=CC=CC2NC=C(CO)C12. The summed E-state index contributed by atoms with van der Waals surface area (Å²) in [6.07, 6.45) is 7.54. The molecule has 0 radical (unpaired) electrons. The van der Waals surface area contributed by atoms with Crippen LogP contribution >= 0.6 is 0 Å². The van der Waals surface area contributed by atoms with Gasteiger partial charge in [0.1, 0.15) is 0 Å². The van der Waals surface area contributed by atoms with Crippen molar-refractivity contribution in [3.8, 4) is 0 Å². The lowest BCUT2D eigenvalue weighted by Gasteiger charge is -2.23. The number of fused-ring (bicyclic) bond motifs is 1. The van der Waals surface area contributed by atoms with Crippen LogP contribution in [-0.2, 0) is 4.79 Å². The van der Waals surface area contributed by atoms with Crippen molar-refractivity contribution in [2.24, 2.45) is 5.92 Å². The van der Waals surface area contributed by atoms with Crippen LogP contribution in [0.5, 0.6) is 0 Å². The van der Waals surface area contributed by atoms with E-state index in [0.717, 1.165) is 11.1 Å². The third-order valence-electron chi connectivity index (χ3n) is 2.74. The van der Waals surface area contributed by atoms with E-state index in [1.165, 1.54) is 0 Å². The van der Waals surface area contributed by atoms with Gasteiger partial charge in [-0.2, -0.15) is 0 Å². The van der Waals surface area contributed by atoms with E-state index in [4.69, 9.17) is 5.11 Å². The molecule has 0 amide bonds. The van der Waals surface area contributed by atoms with Gasteiger partial charge >= 0.3 is 0 Å². The number of ketones is 1. The Hall–Kier alpha value is -1.35. The topological polar surface area (TPSA) is 49.3 Å². The van der Waals surface area contributed by atoms with Crippen LogP contribution in [0.1, 0.15) is 6.92 Å². The summed E-state index contributed by atoms with van der Waals surface area (Å²) in [6.45, 7) is 1.57. The fourth-order valence-corrected chi connectivity index (χ4v) is 2.04. The minimum Gasteiger partial charge on any atom is -0.392 e. The van der Waals surface area contributed by atoms with Gasteiger partial charge < -0.3 is 10.4 Å². The summed E-state index contributed by atoms with van der Waals surface area (Å²) in [5.41, 5.74) is 1.67. The summed E-state index contributed by atoms with van der Waals surface area (Å²) in [7, 11) is 0. The van der Waals surface area contributed by atoms with Gasteiger partial charge in [-0.25, -0.2) is 0 Å². The molecule has 1 aliphatic heterocycles. The highest BCUT2D eigenvalue weighted by Crippen LogP contribution is 2.31. The van der Waals surface area contributed by atoms with Crippen LogP contribution in [-0.4, -0.2) is 23.5 Å². The largest absolute Gasteiger partial charge is 0.392 e. The van der Waals surface area contributed by atoms with Gasteiger partial charge in [0.25, 0.3) is 0 Å². The molecule has 0 bridgehead atoms. The third-order valence-corrected chi connectivity index (χ3v) is 2.74. The molecule has 0 saturated heterocycles. The molecule has 74 valence electrons. The van der Waals surface area contributed by atoms with E-state index >= 15 is 0 Å². The number of aliphatic hydroxyl groups excluding tert-OH is 1. The van der Waals surface area contributed by atoms with E-state index in [9.17, 15) is 4.79 Å². The average Bonchev–Trinajstić information content (AvgIpc) is 2.59. The van der Waals surface area contributed by atoms with Gasteiger partial charge in [-0.1, -0.05) is 18.2 Å². The van der Waals surface area contributed by atoms with Gasteiger partial charge in [0.15, 0.2) is 5.78 Å². The van der Waals surface area contributed by atoms with Crippen molar-refractivity contribution in [1.29, 1.82) is 0 Å². The molecule has 0 aromatic rings. The molecule has 0 aromatic heterocycles. The van der Waals surface area contributed by atoms with Gasteiger partial charge in [-0.05, 0) is 18.7 Å². The van der Waals surface area contributed by atoms with Crippen LogP contribution < -0.4 is 5.32 Å². The van der Waals surface area contributed by atoms with Crippen molar-refractivity contribution in [2.75, 3.05) is 6.61 Å². The summed E-state index contributed by atoms with van der Waals surface area (Å²) in [5.74, 6) is 0.106. The molecule has 2 atom stereocenters. The number of aliphatic hydroxyl groups is 1. The van der Waals surface area contributed by atoms with Crippen LogP contribution in [0.3, 0.4) is 0 Å². The minimum absolute atomic E-state index is 0.00657. The molecule has 2 unspecified atom stereocenters. The smallest absolute Gasteiger partial charge is 0.156 e. The van der Waals surface area contributed by atoms with E-state index in [-0.39, 0.29) is 24.3 Å². The second-order valence-electron chi connectivity index (χ2n) is 3.61. The Balaban J connectivity index is 2.33.